The summed E-state index contributed by atoms with van der Waals surface area (Å²) in [6, 6.07) is 44.3. The van der Waals surface area contributed by atoms with Gasteiger partial charge in [-0.1, -0.05) is 178 Å². The summed E-state index contributed by atoms with van der Waals surface area (Å²) in [5, 5.41) is 15.3. The summed E-state index contributed by atoms with van der Waals surface area (Å²) in [4.78, 5) is 59.7. The average molecular weight is 1410 g/mol. The molecule has 99 heavy (non-hydrogen) atoms. The van der Waals surface area contributed by atoms with Crippen molar-refractivity contribution in [3.63, 3.8) is 0 Å². The minimum Gasteiger partial charge on any atom is -0.494 e. The number of unbranched alkanes of at least 4 members (excludes halogenated alkanes) is 7. The Bertz CT molecular complexity index is 3760. The van der Waals surface area contributed by atoms with Crippen LogP contribution in [-0.2, 0) is 47.3 Å². The van der Waals surface area contributed by atoms with Crippen LogP contribution in [0.25, 0.3) is 16.9 Å². The van der Waals surface area contributed by atoms with Crippen molar-refractivity contribution in [1.82, 2.24) is 20.2 Å². The van der Waals surface area contributed by atoms with Crippen LogP contribution in [0.5, 0.6) is 11.5 Å². The van der Waals surface area contributed by atoms with Gasteiger partial charge in [-0.25, -0.2) is 19.1 Å². The number of aliphatic imine (C=N–C) groups is 1. The van der Waals surface area contributed by atoms with Gasteiger partial charge in [0.05, 0.1) is 36.4 Å². The fraction of sp³-hybridized carbons (Fsp3) is 0.444. The maximum Gasteiger partial charge on any atom is 0.494 e. The van der Waals surface area contributed by atoms with Gasteiger partial charge < -0.3 is 43.8 Å². The molecule has 0 saturated carbocycles. The first-order valence-electron chi connectivity index (χ1n) is 34.9. The van der Waals surface area contributed by atoms with Gasteiger partial charge in [0.2, 0.25) is 4.95 Å². The second-order valence-electron chi connectivity index (χ2n) is 29.5. The number of rotatable bonds is 27. The van der Waals surface area contributed by atoms with E-state index in [1.165, 1.54) is 44.9 Å². The molecule has 528 valence electrons. The molecule has 6 aromatic carbocycles. The number of hydrogen-bond acceptors (Lipinski definition) is 11. The maximum atomic E-state index is 13.1. The number of carboxylic acids is 1. The van der Waals surface area contributed by atoms with Crippen LogP contribution in [-0.4, -0.2) is 110 Å². The number of carbonyl (C=O) groups excluding carboxylic acids is 3. The van der Waals surface area contributed by atoms with Crippen molar-refractivity contribution in [3.8, 4) is 28.4 Å². The number of nitrogens with zero attached hydrogens (tertiary/aromatic N) is 4. The molecule has 18 heteroatoms. The van der Waals surface area contributed by atoms with E-state index in [-0.39, 0.29) is 28.1 Å². The Labute approximate surface area is 597 Å². The van der Waals surface area contributed by atoms with E-state index in [1.54, 1.807) is 30.6 Å². The molecule has 9 rings (SSSR count). The van der Waals surface area contributed by atoms with Gasteiger partial charge in [0, 0.05) is 41.4 Å². The van der Waals surface area contributed by atoms with Crippen LogP contribution in [0.1, 0.15) is 205 Å². The van der Waals surface area contributed by atoms with Gasteiger partial charge in [0.1, 0.15) is 41.1 Å². The van der Waals surface area contributed by atoms with Crippen molar-refractivity contribution in [2.75, 3.05) is 13.2 Å². The number of halogens is 1. The molecular formula is C81H105BBrN6O10+. The summed E-state index contributed by atoms with van der Waals surface area (Å²) in [7, 11) is -0.462. The third kappa shape index (κ3) is 24.3. The first kappa shape index (κ1) is 78.2. The van der Waals surface area contributed by atoms with Crippen molar-refractivity contribution >= 4 is 70.5 Å². The first-order valence-corrected chi connectivity index (χ1v) is 35.9. The number of benzene rings is 6. The predicted molar refractivity (Wildman–Crippen MR) is 402 cm³/mol. The molecule has 0 spiro atoms. The maximum absolute atomic E-state index is 13.1. The zero-order valence-electron chi connectivity index (χ0n) is 61.0. The topological polar surface area (TPSA) is 192 Å². The second-order valence-corrected chi connectivity index (χ2v) is 30.5. The van der Waals surface area contributed by atoms with Crippen LogP contribution >= 0.6 is 15.9 Å². The number of carboxylic acid groups (broad SMARTS) is 1. The monoisotopic (exact) mass is 1410 g/mol. The lowest BCUT2D eigenvalue weighted by Crippen LogP contribution is -2.45. The lowest BCUT2D eigenvalue weighted by Gasteiger charge is -2.32. The largest absolute Gasteiger partial charge is 0.494 e. The smallest absolute Gasteiger partial charge is 0.494 e. The zero-order chi connectivity index (χ0) is 72.1. The normalized spacial score (nSPS) is 15.3. The summed E-state index contributed by atoms with van der Waals surface area (Å²) in [5.41, 5.74) is 8.01. The minimum atomic E-state index is -1.08. The number of aromatic nitrogens is 2. The fourth-order valence-corrected chi connectivity index (χ4v) is 11.1. The molecule has 0 radical (unpaired) electrons. The Morgan fingerprint density at radius 3 is 1.52 bits per heavy atom. The van der Waals surface area contributed by atoms with Gasteiger partial charge in [-0.15, -0.1) is 0 Å². The number of alkyl halides is 1. The quantitative estimate of drug-likeness (QED) is 0.0111. The number of nitrogens with one attached hydrogen (secondary N) is 2. The lowest BCUT2D eigenvalue weighted by atomic mass is 9.78. The first-order chi connectivity index (χ1) is 46.8. The Morgan fingerprint density at radius 2 is 1.06 bits per heavy atom. The Hall–Kier alpha value is -8.19. The highest BCUT2D eigenvalue weighted by molar-refractivity contribution is 9.09. The highest BCUT2D eigenvalue weighted by Crippen LogP contribution is 2.37. The van der Waals surface area contributed by atoms with E-state index >= 15 is 0 Å². The number of carbonyl (C=O) groups is 4. The Morgan fingerprint density at radius 1 is 0.606 bits per heavy atom. The summed E-state index contributed by atoms with van der Waals surface area (Å²) >= 11 is 3.43. The molecule has 2 amide bonds. The van der Waals surface area contributed by atoms with Gasteiger partial charge in [0.25, 0.3) is 18.2 Å². The molecule has 2 aliphatic heterocycles. The van der Waals surface area contributed by atoms with E-state index in [0.717, 1.165) is 87.9 Å². The number of aliphatic carboxylic acids is 1. The van der Waals surface area contributed by atoms with Crippen molar-refractivity contribution in [2.45, 2.75) is 219 Å². The van der Waals surface area contributed by atoms with Crippen molar-refractivity contribution in [1.29, 1.82) is 0 Å². The zero-order valence-corrected chi connectivity index (χ0v) is 62.5. The minimum absolute atomic E-state index is 0.0136. The highest BCUT2D eigenvalue weighted by Gasteiger charge is 2.51. The standard InChI is InChI=1S/C35H41N3O4.C30H42BNO5.C16H22BrN2O/c1-5-6-7-8-21-42-30-19-17-29(18-20-30)38-23-32(36-24-38)26-11-9-25(10-12-26)22-31(34(40)41)37-33(39)27-13-15-28(16-14-27)35(2,3)4;1-27(2,3)22-15-13-21(14-16-22)25(33)32-24(26(34)35-28(4,5)6)19-20-11-17-23(18-12-20)31-36-29(7,8)30(9,10)37-31;1-2-3-4-5-6-11-20-15-9-7-14(8-10-15)19-12-16(17)18-13-19/h9-20,23-24,31H,5-8,21-22H2,1-4H3,(H,37,39)(H,40,41);11-18,24H,19H2,1-10H3,(H,32,33);7-10,12-13,16H,2-6,11H2,1H3/q;;+1/t31-;24-;/m00./s1. The Kier molecular flexibility index (Phi) is 28.2. The number of esters is 1. The molecule has 0 bridgehead atoms. The molecule has 3 N–H and O–H groups in total. The third-order valence-corrected chi connectivity index (χ3v) is 18.0. The molecule has 7 aromatic rings. The van der Waals surface area contributed by atoms with E-state index in [2.05, 4.69) is 104 Å². The molecule has 2 aliphatic rings. The van der Waals surface area contributed by atoms with Crippen LogP contribution in [0.4, 0.5) is 5.69 Å². The molecule has 0 aliphatic carbocycles. The van der Waals surface area contributed by atoms with E-state index in [0.29, 0.717) is 17.5 Å². The number of hydrogen-bond donors (Lipinski definition) is 3. The SMILES string of the molecule is CC(C)(C)OC(=O)[C@H](Cc1ccc(B2OC(C)(C)C(C)(C)O2)cc1)NC(=O)c1ccc(C(C)(C)C)cc1.CCCCCCCOc1ccc([N+]2=CC(Br)N=C2)cc1.CCCCCCOc1ccc(-n2cnc(-c3ccc(C[C@H](NC(=O)c4ccc(C(C)(C)C)cc4)C(=O)O)cc3)c2)cc1. The Balaban J connectivity index is 0.000000221. The van der Waals surface area contributed by atoms with Gasteiger partial charge in [0.15, 0.2) is 0 Å². The van der Waals surface area contributed by atoms with Crippen molar-refractivity contribution in [2.24, 2.45) is 4.99 Å². The number of amides is 2. The summed E-state index contributed by atoms with van der Waals surface area (Å²) in [6.45, 7) is 32.2. The van der Waals surface area contributed by atoms with Crippen LogP contribution in [0.2, 0.25) is 0 Å². The number of imidazole rings is 1. The predicted octanol–water partition coefficient (Wildman–Crippen LogP) is 16.7. The van der Waals surface area contributed by atoms with Crippen molar-refractivity contribution in [3.05, 3.63) is 191 Å². The van der Waals surface area contributed by atoms with E-state index in [9.17, 15) is 24.3 Å². The fourth-order valence-electron chi connectivity index (χ4n) is 10.7. The average Bonchev–Trinajstić information content (AvgIpc) is 1.63. The molecular weight excluding hydrogens is 1310 g/mol. The summed E-state index contributed by atoms with van der Waals surface area (Å²) in [5.74, 6) is -0.467. The van der Waals surface area contributed by atoms with Gasteiger partial charge in [-0.2, -0.15) is 0 Å². The highest BCUT2D eigenvalue weighted by atomic mass is 79.9. The summed E-state index contributed by atoms with van der Waals surface area (Å²) in [6.07, 6.45) is 19.1. The molecule has 1 unspecified atom stereocenters. The lowest BCUT2D eigenvalue weighted by molar-refractivity contribution is -0.285. The number of ether oxygens (including phenoxy) is 3. The second kappa shape index (κ2) is 35.7. The van der Waals surface area contributed by atoms with E-state index in [4.69, 9.17) is 23.5 Å². The molecule has 1 saturated heterocycles. The van der Waals surface area contributed by atoms with Crippen molar-refractivity contribution < 1.29 is 52.4 Å². The van der Waals surface area contributed by atoms with Crippen LogP contribution in [0.15, 0.2) is 163 Å². The van der Waals surface area contributed by atoms with Gasteiger partial charge in [-0.3, -0.25) is 9.59 Å². The third-order valence-electron chi connectivity index (χ3n) is 17.5. The van der Waals surface area contributed by atoms with E-state index in [1.807, 2.05) is 186 Å². The van der Waals surface area contributed by atoms with Crippen LogP contribution < -0.4 is 25.6 Å². The van der Waals surface area contributed by atoms with Gasteiger partial charge in [-0.05, 0) is 189 Å². The van der Waals surface area contributed by atoms with Crippen LogP contribution in [0, 0.1) is 0 Å². The molecule has 3 heterocycles. The molecule has 3 atom stereocenters. The summed E-state index contributed by atoms with van der Waals surface area (Å²) < 4.78 is 33.5. The molecule has 16 nitrogen and oxygen atoms in total. The van der Waals surface area contributed by atoms with Crippen LogP contribution in [0.3, 0.4) is 0 Å². The van der Waals surface area contributed by atoms with E-state index < -0.39 is 53.9 Å². The van der Waals surface area contributed by atoms with Gasteiger partial charge >= 0.3 is 19.1 Å². The molecule has 1 fully saturated rings. The molecule has 1 aromatic heterocycles.